The minimum atomic E-state index is -4.16. The van der Waals surface area contributed by atoms with Crippen LogP contribution in [0.1, 0.15) is 46.5 Å². The van der Waals surface area contributed by atoms with Crippen molar-refractivity contribution in [2.45, 2.75) is 64.3 Å². The molecule has 0 aromatic carbocycles. The minimum absolute atomic E-state index is 0.0231. The van der Waals surface area contributed by atoms with Gasteiger partial charge in [0.2, 0.25) is 5.91 Å². The van der Waals surface area contributed by atoms with E-state index in [4.69, 9.17) is 4.74 Å². The maximum atomic E-state index is 12.6. The SMILES string of the molecule is CC(C)(C)OCC(=O)NC1CCCC(C(F)(F)F)C1. The molecule has 2 unspecified atom stereocenters. The first-order chi connectivity index (χ1) is 8.58. The Morgan fingerprint density at radius 3 is 2.42 bits per heavy atom. The predicted molar refractivity (Wildman–Crippen MR) is 65.6 cm³/mol. The molecule has 2 atom stereocenters. The third kappa shape index (κ3) is 6.27. The van der Waals surface area contributed by atoms with Crippen LogP contribution < -0.4 is 5.32 Å². The highest BCUT2D eigenvalue weighted by atomic mass is 19.4. The summed E-state index contributed by atoms with van der Waals surface area (Å²) in [5.74, 6) is -1.64. The van der Waals surface area contributed by atoms with Crippen LogP contribution in [0.3, 0.4) is 0 Å². The molecule has 0 saturated heterocycles. The van der Waals surface area contributed by atoms with Gasteiger partial charge in [-0.25, -0.2) is 0 Å². The van der Waals surface area contributed by atoms with Gasteiger partial charge in [0.1, 0.15) is 6.61 Å². The molecule has 1 aliphatic carbocycles. The summed E-state index contributed by atoms with van der Waals surface area (Å²) in [6, 6.07) is -0.392. The van der Waals surface area contributed by atoms with Crippen molar-refractivity contribution >= 4 is 5.91 Å². The molecule has 1 amide bonds. The van der Waals surface area contributed by atoms with E-state index in [1.807, 2.05) is 20.8 Å². The zero-order chi connectivity index (χ0) is 14.7. The Morgan fingerprint density at radius 2 is 1.89 bits per heavy atom. The molecule has 0 aliphatic heterocycles. The Balaban J connectivity index is 2.38. The summed E-state index contributed by atoms with van der Waals surface area (Å²) >= 11 is 0. The van der Waals surface area contributed by atoms with E-state index in [0.29, 0.717) is 12.8 Å². The molecule has 3 nitrogen and oxygen atoms in total. The second-order valence-electron chi connectivity index (χ2n) is 6.07. The number of alkyl halides is 3. The fourth-order valence-electron chi connectivity index (χ4n) is 2.17. The van der Waals surface area contributed by atoms with E-state index in [1.165, 1.54) is 0 Å². The molecule has 19 heavy (non-hydrogen) atoms. The number of ether oxygens (including phenoxy) is 1. The van der Waals surface area contributed by atoms with E-state index in [2.05, 4.69) is 5.32 Å². The summed E-state index contributed by atoms with van der Waals surface area (Å²) in [7, 11) is 0. The van der Waals surface area contributed by atoms with Gasteiger partial charge in [0, 0.05) is 6.04 Å². The molecule has 1 saturated carbocycles. The Morgan fingerprint density at radius 1 is 1.26 bits per heavy atom. The summed E-state index contributed by atoms with van der Waals surface area (Å²) in [6.45, 7) is 5.35. The molecule has 0 radical (unpaired) electrons. The van der Waals surface area contributed by atoms with Gasteiger partial charge in [-0.3, -0.25) is 4.79 Å². The van der Waals surface area contributed by atoms with Crippen molar-refractivity contribution in [3.63, 3.8) is 0 Å². The van der Waals surface area contributed by atoms with Gasteiger partial charge >= 0.3 is 6.18 Å². The monoisotopic (exact) mass is 281 g/mol. The number of carbonyl (C=O) groups is 1. The second kappa shape index (κ2) is 6.11. The molecule has 1 aliphatic rings. The van der Waals surface area contributed by atoms with Crippen LogP contribution in [-0.2, 0) is 9.53 Å². The van der Waals surface area contributed by atoms with Crippen LogP contribution in [0.15, 0.2) is 0 Å². The van der Waals surface area contributed by atoms with Crippen molar-refractivity contribution in [3.05, 3.63) is 0 Å². The highest BCUT2D eigenvalue weighted by Gasteiger charge is 2.42. The number of amides is 1. The molecule has 0 aromatic rings. The van der Waals surface area contributed by atoms with Gasteiger partial charge < -0.3 is 10.1 Å². The van der Waals surface area contributed by atoms with E-state index in [0.717, 1.165) is 0 Å². The number of carbonyl (C=O) groups excluding carboxylic acids is 1. The van der Waals surface area contributed by atoms with Crippen molar-refractivity contribution in [3.8, 4) is 0 Å². The average Bonchev–Trinajstić information content (AvgIpc) is 2.25. The van der Waals surface area contributed by atoms with Gasteiger partial charge in [-0.15, -0.1) is 0 Å². The molecule has 1 N–H and O–H groups in total. The van der Waals surface area contributed by atoms with Crippen LogP contribution >= 0.6 is 0 Å². The number of hydrogen-bond donors (Lipinski definition) is 1. The van der Waals surface area contributed by atoms with Crippen molar-refractivity contribution in [2.75, 3.05) is 6.61 Å². The Labute approximate surface area is 111 Å². The van der Waals surface area contributed by atoms with Gasteiger partial charge in [0.25, 0.3) is 0 Å². The van der Waals surface area contributed by atoms with Crippen LogP contribution in [-0.4, -0.2) is 30.3 Å². The highest BCUT2D eigenvalue weighted by Crippen LogP contribution is 2.37. The summed E-state index contributed by atoms with van der Waals surface area (Å²) in [6.07, 6.45) is -2.92. The molecule has 0 spiro atoms. The highest BCUT2D eigenvalue weighted by molar-refractivity contribution is 5.77. The van der Waals surface area contributed by atoms with Crippen molar-refractivity contribution in [2.24, 2.45) is 5.92 Å². The van der Waals surface area contributed by atoms with Gasteiger partial charge in [0.15, 0.2) is 0 Å². The maximum absolute atomic E-state index is 12.6. The van der Waals surface area contributed by atoms with Gasteiger partial charge in [-0.05, 0) is 40.0 Å². The third-order valence-corrected chi connectivity index (χ3v) is 3.14. The topological polar surface area (TPSA) is 38.3 Å². The van der Waals surface area contributed by atoms with Gasteiger partial charge in [-0.2, -0.15) is 13.2 Å². The fraction of sp³-hybridized carbons (Fsp3) is 0.923. The zero-order valence-corrected chi connectivity index (χ0v) is 11.6. The number of nitrogens with one attached hydrogen (secondary N) is 1. The quantitative estimate of drug-likeness (QED) is 0.863. The van der Waals surface area contributed by atoms with Crippen molar-refractivity contribution < 1.29 is 22.7 Å². The van der Waals surface area contributed by atoms with Gasteiger partial charge in [-0.1, -0.05) is 6.42 Å². The summed E-state index contributed by atoms with van der Waals surface area (Å²) in [5.41, 5.74) is -0.432. The normalized spacial score (nSPS) is 25.2. The summed E-state index contributed by atoms with van der Waals surface area (Å²) in [5, 5.41) is 2.63. The molecule has 6 heteroatoms. The smallest absolute Gasteiger partial charge is 0.366 e. The second-order valence-corrected chi connectivity index (χ2v) is 6.07. The first kappa shape index (κ1) is 16.3. The summed E-state index contributed by atoms with van der Waals surface area (Å²) < 4.78 is 43.1. The minimum Gasteiger partial charge on any atom is -0.366 e. The van der Waals surface area contributed by atoms with Crippen LogP contribution in [0.5, 0.6) is 0 Å². The Kier molecular flexibility index (Phi) is 5.24. The van der Waals surface area contributed by atoms with E-state index >= 15 is 0 Å². The Hall–Kier alpha value is -0.780. The summed E-state index contributed by atoms with van der Waals surface area (Å²) in [4.78, 5) is 11.6. The molecule has 0 bridgehead atoms. The van der Waals surface area contributed by atoms with E-state index in [1.54, 1.807) is 0 Å². The average molecular weight is 281 g/mol. The molecular formula is C13H22F3NO2. The Bertz CT molecular complexity index is 310. The van der Waals surface area contributed by atoms with Crippen molar-refractivity contribution in [1.82, 2.24) is 5.32 Å². The molecule has 1 rings (SSSR count). The first-order valence-electron chi connectivity index (χ1n) is 6.58. The van der Waals surface area contributed by atoms with Crippen LogP contribution in [0.25, 0.3) is 0 Å². The fourth-order valence-corrected chi connectivity index (χ4v) is 2.17. The van der Waals surface area contributed by atoms with E-state index < -0.39 is 23.7 Å². The molecule has 1 fully saturated rings. The number of rotatable bonds is 3. The lowest BCUT2D eigenvalue weighted by Gasteiger charge is -2.31. The van der Waals surface area contributed by atoms with Crippen LogP contribution in [0.4, 0.5) is 13.2 Å². The van der Waals surface area contributed by atoms with Gasteiger partial charge in [0.05, 0.1) is 11.5 Å². The molecule has 112 valence electrons. The lowest BCUT2D eigenvalue weighted by molar-refractivity contribution is -0.184. The number of halogens is 3. The molecule has 0 heterocycles. The largest absolute Gasteiger partial charge is 0.391 e. The standard InChI is InChI=1S/C13H22F3NO2/c1-12(2,3)19-8-11(18)17-10-6-4-5-9(7-10)13(14,15)16/h9-10H,4-8H2,1-3H3,(H,17,18). The van der Waals surface area contributed by atoms with E-state index in [9.17, 15) is 18.0 Å². The number of hydrogen-bond acceptors (Lipinski definition) is 2. The van der Waals surface area contributed by atoms with E-state index in [-0.39, 0.29) is 25.4 Å². The predicted octanol–water partition coefficient (Wildman–Crippen LogP) is 3.04. The zero-order valence-electron chi connectivity index (χ0n) is 11.6. The lowest BCUT2D eigenvalue weighted by atomic mass is 9.85. The molecular weight excluding hydrogens is 259 g/mol. The first-order valence-corrected chi connectivity index (χ1v) is 6.58. The van der Waals surface area contributed by atoms with Crippen LogP contribution in [0.2, 0.25) is 0 Å². The van der Waals surface area contributed by atoms with Crippen LogP contribution in [0, 0.1) is 5.92 Å². The molecule has 0 aromatic heterocycles. The lowest BCUT2D eigenvalue weighted by Crippen LogP contribution is -2.43. The van der Waals surface area contributed by atoms with Crippen molar-refractivity contribution in [1.29, 1.82) is 0 Å². The maximum Gasteiger partial charge on any atom is 0.391 e. The third-order valence-electron chi connectivity index (χ3n) is 3.14.